The summed E-state index contributed by atoms with van der Waals surface area (Å²) < 4.78 is 11.6. The van der Waals surface area contributed by atoms with Crippen molar-refractivity contribution < 1.29 is 13.9 Å². The molecule has 0 bridgehead atoms. The van der Waals surface area contributed by atoms with Gasteiger partial charge in [-0.15, -0.1) is 0 Å². The van der Waals surface area contributed by atoms with E-state index in [1.165, 1.54) is 0 Å². The monoisotopic (exact) mass is 343 g/mol. The number of likely N-dealkylation sites (tertiary alicyclic amines) is 1. The minimum absolute atomic E-state index is 0.0118. The molecule has 1 amide bonds. The maximum Gasteiger partial charge on any atom is 0.223 e. The number of ether oxygens (including phenoxy) is 1. The molecule has 0 saturated carbocycles. The molecule has 6 heteroatoms. The van der Waals surface area contributed by atoms with Gasteiger partial charge in [0.25, 0.3) is 0 Å². The standard InChI is InChI=1S/C19H25N3O3/c1-14-6-7-15(24-14)8-9-18(23)22-12-10-16(13-22)25-17-5-4-11-20-19(17)21(2)3/h4-7,11,16H,8-10,12-13H2,1-3H3/t16-/m0/s1. The average Bonchev–Trinajstić information content (AvgIpc) is 3.22. The van der Waals surface area contributed by atoms with E-state index in [0.29, 0.717) is 19.4 Å². The molecule has 0 unspecified atom stereocenters. The predicted octanol–water partition coefficient (Wildman–Crippen LogP) is 2.66. The summed E-state index contributed by atoms with van der Waals surface area (Å²) in [5, 5.41) is 0. The predicted molar refractivity (Wildman–Crippen MR) is 95.9 cm³/mol. The summed E-state index contributed by atoms with van der Waals surface area (Å²) in [5.74, 6) is 3.46. The van der Waals surface area contributed by atoms with Crippen molar-refractivity contribution in [2.45, 2.75) is 32.3 Å². The number of anilines is 1. The molecule has 0 radical (unpaired) electrons. The van der Waals surface area contributed by atoms with Crippen LogP contribution in [0.4, 0.5) is 5.82 Å². The van der Waals surface area contributed by atoms with Gasteiger partial charge in [-0.25, -0.2) is 4.98 Å². The van der Waals surface area contributed by atoms with Crippen LogP contribution in [0.2, 0.25) is 0 Å². The third kappa shape index (κ3) is 4.32. The molecule has 3 heterocycles. The second-order valence-corrected chi connectivity index (χ2v) is 6.60. The molecule has 6 nitrogen and oxygen atoms in total. The van der Waals surface area contributed by atoms with Gasteiger partial charge in [-0.05, 0) is 31.2 Å². The molecule has 134 valence electrons. The summed E-state index contributed by atoms with van der Waals surface area (Å²) >= 11 is 0. The second-order valence-electron chi connectivity index (χ2n) is 6.60. The van der Waals surface area contributed by atoms with Crippen LogP contribution in [-0.2, 0) is 11.2 Å². The molecular formula is C19H25N3O3. The highest BCUT2D eigenvalue weighted by Crippen LogP contribution is 2.26. The lowest BCUT2D eigenvalue weighted by Crippen LogP contribution is -2.31. The lowest BCUT2D eigenvalue weighted by molar-refractivity contribution is -0.130. The molecule has 0 aromatic carbocycles. The third-order valence-corrected chi connectivity index (χ3v) is 4.35. The summed E-state index contributed by atoms with van der Waals surface area (Å²) in [6.45, 7) is 3.27. The zero-order valence-corrected chi connectivity index (χ0v) is 15.1. The first kappa shape index (κ1) is 17.3. The maximum absolute atomic E-state index is 12.4. The van der Waals surface area contributed by atoms with E-state index in [4.69, 9.17) is 9.15 Å². The largest absolute Gasteiger partial charge is 0.485 e. The van der Waals surface area contributed by atoms with Gasteiger partial charge in [0.1, 0.15) is 17.6 Å². The molecule has 2 aromatic rings. The summed E-state index contributed by atoms with van der Waals surface area (Å²) in [4.78, 5) is 20.6. The fraction of sp³-hybridized carbons (Fsp3) is 0.474. The van der Waals surface area contributed by atoms with E-state index >= 15 is 0 Å². The van der Waals surface area contributed by atoms with E-state index in [9.17, 15) is 4.79 Å². The van der Waals surface area contributed by atoms with Gasteiger partial charge in [-0.1, -0.05) is 0 Å². The molecule has 0 spiro atoms. The average molecular weight is 343 g/mol. The molecule has 1 atom stereocenters. The molecule has 2 aromatic heterocycles. The number of aryl methyl sites for hydroxylation is 2. The Morgan fingerprint density at radius 3 is 2.96 bits per heavy atom. The van der Waals surface area contributed by atoms with E-state index in [-0.39, 0.29) is 12.0 Å². The van der Waals surface area contributed by atoms with Gasteiger partial charge in [-0.2, -0.15) is 0 Å². The Bertz CT molecular complexity index is 726. The number of hydrogen-bond acceptors (Lipinski definition) is 5. The Morgan fingerprint density at radius 1 is 1.40 bits per heavy atom. The van der Waals surface area contributed by atoms with E-state index < -0.39 is 0 Å². The third-order valence-electron chi connectivity index (χ3n) is 4.35. The van der Waals surface area contributed by atoms with Crippen LogP contribution in [0.15, 0.2) is 34.9 Å². The Kier molecular flexibility index (Phi) is 5.26. The lowest BCUT2D eigenvalue weighted by atomic mass is 10.2. The highest BCUT2D eigenvalue weighted by molar-refractivity contribution is 5.76. The van der Waals surface area contributed by atoms with Crippen molar-refractivity contribution in [1.82, 2.24) is 9.88 Å². The maximum atomic E-state index is 12.4. The highest BCUT2D eigenvalue weighted by atomic mass is 16.5. The number of amides is 1. The van der Waals surface area contributed by atoms with Crippen LogP contribution in [0, 0.1) is 6.92 Å². The Balaban J connectivity index is 1.52. The molecule has 1 saturated heterocycles. The van der Waals surface area contributed by atoms with E-state index in [1.807, 2.05) is 55.1 Å². The van der Waals surface area contributed by atoms with Crippen LogP contribution in [-0.4, -0.2) is 49.1 Å². The van der Waals surface area contributed by atoms with Crippen molar-refractivity contribution in [2.24, 2.45) is 0 Å². The fourth-order valence-corrected chi connectivity index (χ4v) is 3.05. The molecule has 25 heavy (non-hydrogen) atoms. The summed E-state index contributed by atoms with van der Waals surface area (Å²) in [6.07, 6.45) is 3.71. The number of carbonyl (C=O) groups is 1. The quantitative estimate of drug-likeness (QED) is 0.807. The molecule has 1 aliphatic rings. The molecular weight excluding hydrogens is 318 g/mol. The molecule has 0 N–H and O–H groups in total. The van der Waals surface area contributed by atoms with Crippen molar-refractivity contribution >= 4 is 11.7 Å². The van der Waals surface area contributed by atoms with Crippen LogP contribution in [0.5, 0.6) is 5.75 Å². The van der Waals surface area contributed by atoms with Crippen molar-refractivity contribution in [1.29, 1.82) is 0 Å². The number of furan rings is 1. The number of nitrogens with zero attached hydrogens (tertiary/aromatic N) is 3. The highest BCUT2D eigenvalue weighted by Gasteiger charge is 2.28. The zero-order chi connectivity index (χ0) is 17.8. The van der Waals surface area contributed by atoms with Gasteiger partial charge >= 0.3 is 0 Å². The van der Waals surface area contributed by atoms with Gasteiger partial charge in [0.05, 0.1) is 6.54 Å². The number of pyridine rings is 1. The second kappa shape index (κ2) is 7.59. The smallest absolute Gasteiger partial charge is 0.223 e. The SMILES string of the molecule is Cc1ccc(CCC(=O)N2CC[C@H](Oc3cccnc3N(C)C)C2)o1. The first-order chi connectivity index (χ1) is 12.0. The lowest BCUT2D eigenvalue weighted by Gasteiger charge is -2.20. The van der Waals surface area contributed by atoms with E-state index in [0.717, 1.165) is 36.1 Å². The minimum Gasteiger partial charge on any atom is -0.485 e. The van der Waals surface area contributed by atoms with Crippen molar-refractivity contribution in [2.75, 3.05) is 32.1 Å². The van der Waals surface area contributed by atoms with Crippen LogP contribution in [0.3, 0.4) is 0 Å². The van der Waals surface area contributed by atoms with E-state index in [2.05, 4.69) is 4.98 Å². The zero-order valence-electron chi connectivity index (χ0n) is 15.1. The number of aromatic nitrogens is 1. The fourth-order valence-electron chi connectivity index (χ4n) is 3.05. The van der Waals surface area contributed by atoms with Gasteiger partial charge in [0.15, 0.2) is 11.6 Å². The van der Waals surface area contributed by atoms with Crippen molar-refractivity contribution in [3.05, 3.63) is 42.0 Å². The van der Waals surface area contributed by atoms with Gasteiger partial charge in [-0.3, -0.25) is 4.79 Å². The van der Waals surface area contributed by atoms with Crippen LogP contribution in [0.25, 0.3) is 0 Å². The Morgan fingerprint density at radius 2 is 2.24 bits per heavy atom. The molecule has 3 rings (SSSR count). The molecule has 1 fully saturated rings. The Labute approximate surface area is 148 Å². The van der Waals surface area contributed by atoms with Crippen molar-refractivity contribution in [3.63, 3.8) is 0 Å². The summed E-state index contributed by atoms with van der Waals surface area (Å²) in [7, 11) is 3.88. The first-order valence-electron chi connectivity index (χ1n) is 8.65. The molecule has 0 aliphatic carbocycles. The van der Waals surface area contributed by atoms with E-state index in [1.54, 1.807) is 6.20 Å². The topological polar surface area (TPSA) is 58.8 Å². The summed E-state index contributed by atoms with van der Waals surface area (Å²) in [6, 6.07) is 7.65. The number of carbonyl (C=O) groups excluding carboxylic acids is 1. The van der Waals surface area contributed by atoms with Crippen LogP contribution < -0.4 is 9.64 Å². The number of hydrogen-bond donors (Lipinski definition) is 0. The minimum atomic E-state index is 0.0118. The first-order valence-corrected chi connectivity index (χ1v) is 8.65. The van der Waals surface area contributed by atoms with Crippen LogP contribution >= 0.6 is 0 Å². The van der Waals surface area contributed by atoms with Gasteiger partial charge < -0.3 is 19.0 Å². The summed E-state index contributed by atoms with van der Waals surface area (Å²) in [5.41, 5.74) is 0. The van der Waals surface area contributed by atoms with Gasteiger partial charge in [0.2, 0.25) is 5.91 Å². The van der Waals surface area contributed by atoms with Gasteiger partial charge in [0, 0.05) is 46.1 Å². The Hall–Kier alpha value is -2.50. The normalized spacial score (nSPS) is 16.9. The van der Waals surface area contributed by atoms with Crippen LogP contribution in [0.1, 0.15) is 24.4 Å². The number of rotatable bonds is 6. The van der Waals surface area contributed by atoms with Crippen molar-refractivity contribution in [3.8, 4) is 5.75 Å². The molecule has 1 aliphatic heterocycles.